The normalized spacial score (nSPS) is 23.0. The van der Waals surface area contributed by atoms with Crippen LogP contribution in [0.1, 0.15) is 31.2 Å². The number of rotatable bonds is 2. The van der Waals surface area contributed by atoms with Crippen molar-refractivity contribution in [1.29, 1.82) is 0 Å². The maximum absolute atomic E-state index is 11.6. The smallest absolute Gasteiger partial charge is 0.271 e. The molecule has 0 saturated carbocycles. The van der Waals surface area contributed by atoms with Gasteiger partial charge in [-0.3, -0.25) is 0 Å². The predicted molar refractivity (Wildman–Crippen MR) is 97.7 cm³/mol. The van der Waals surface area contributed by atoms with Gasteiger partial charge >= 0.3 is 0 Å². The number of β-amino-alcohol motifs (C(OH)–C–C–N with tert-alkyl or cyclic N) is 1. The van der Waals surface area contributed by atoms with Crippen LogP contribution in [-0.4, -0.2) is 28.6 Å². The van der Waals surface area contributed by atoms with Gasteiger partial charge in [-0.1, -0.05) is 41.9 Å². The van der Waals surface area contributed by atoms with E-state index in [0.29, 0.717) is 6.54 Å². The van der Waals surface area contributed by atoms with E-state index in [2.05, 4.69) is 9.48 Å². The number of hydrogen-bond acceptors (Lipinski definition) is 2. The lowest BCUT2D eigenvalue weighted by Crippen LogP contribution is -3.00. The van der Waals surface area contributed by atoms with Crippen LogP contribution in [0.5, 0.6) is 0 Å². The molecule has 0 bridgehead atoms. The monoisotopic (exact) mass is 420 g/mol. The maximum Gasteiger partial charge on any atom is 0.271 e. The number of nitrogens with zero attached hydrogens (tertiary/aromatic N) is 2. The van der Waals surface area contributed by atoms with Crippen molar-refractivity contribution in [3.05, 3.63) is 65.2 Å². The third-order valence-electron chi connectivity index (χ3n) is 5.10. The molecule has 132 valence electrons. The number of halogens is 2. The second-order valence-electron chi connectivity index (χ2n) is 6.62. The second-order valence-corrected chi connectivity index (χ2v) is 7.06. The molecule has 0 radical (unpaired) electrons. The molecule has 0 aromatic heterocycles. The molecule has 2 heterocycles. The quantitative estimate of drug-likeness (QED) is 0.732. The van der Waals surface area contributed by atoms with Crippen molar-refractivity contribution < 1.29 is 26.7 Å². The van der Waals surface area contributed by atoms with Crippen LogP contribution >= 0.6 is 11.6 Å². The van der Waals surface area contributed by atoms with Crippen molar-refractivity contribution in [2.45, 2.75) is 31.4 Å². The zero-order valence-corrected chi connectivity index (χ0v) is 16.4. The Morgan fingerprint density at radius 2 is 1.68 bits per heavy atom. The lowest BCUT2D eigenvalue weighted by molar-refractivity contribution is -0.658. The van der Waals surface area contributed by atoms with Gasteiger partial charge in [0.05, 0.1) is 6.54 Å². The molecule has 0 amide bonds. The molecular weight excluding hydrogens is 400 g/mol. The minimum atomic E-state index is -0.972. The Hall–Kier alpha value is -1.36. The van der Waals surface area contributed by atoms with Crippen LogP contribution in [0.15, 0.2) is 54.6 Å². The van der Waals surface area contributed by atoms with Gasteiger partial charge in [0.2, 0.25) is 0 Å². The molecule has 2 aliphatic rings. The van der Waals surface area contributed by atoms with Gasteiger partial charge in [0, 0.05) is 17.0 Å². The fourth-order valence-electron chi connectivity index (χ4n) is 3.88. The summed E-state index contributed by atoms with van der Waals surface area (Å²) in [4.78, 5) is 2.26. The van der Waals surface area contributed by atoms with Gasteiger partial charge in [0.15, 0.2) is 6.54 Å². The number of hydrogen-bond donors (Lipinski definition) is 1. The van der Waals surface area contributed by atoms with Crippen molar-refractivity contribution in [3.8, 4) is 0 Å². The number of amidine groups is 1. The molecule has 0 fully saturated rings. The number of anilines is 1. The number of aliphatic hydroxyl groups is 1. The van der Waals surface area contributed by atoms with Crippen LogP contribution < -0.4 is 21.9 Å². The Morgan fingerprint density at radius 3 is 2.40 bits per heavy atom. The van der Waals surface area contributed by atoms with Crippen molar-refractivity contribution in [2.75, 3.05) is 18.0 Å². The molecule has 25 heavy (non-hydrogen) atoms. The average Bonchev–Trinajstić information content (AvgIpc) is 2.78. The molecule has 0 aliphatic carbocycles. The van der Waals surface area contributed by atoms with E-state index in [1.165, 1.54) is 18.7 Å². The molecule has 2 aromatic carbocycles. The third-order valence-corrected chi connectivity index (χ3v) is 5.36. The van der Waals surface area contributed by atoms with Gasteiger partial charge in [-0.15, -0.1) is 0 Å². The summed E-state index contributed by atoms with van der Waals surface area (Å²) in [5.74, 6) is 1.22. The largest absolute Gasteiger partial charge is 1.00 e. The van der Waals surface area contributed by atoms with Crippen molar-refractivity contribution in [2.24, 2.45) is 0 Å². The second kappa shape index (κ2) is 7.48. The molecule has 5 heteroatoms. The summed E-state index contributed by atoms with van der Waals surface area (Å²) in [7, 11) is 0. The Labute approximate surface area is 164 Å². The minimum Gasteiger partial charge on any atom is -1.00 e. The third kappa shape index (κ3) is 3.35. The Balaban J connectivity index is 0.00000182. The summed E-state index contributed by atoms with van der Waals surface area (Å²) in [6.45, 7) is 1.44. The average molecular weight is 422 g/mol. The fourth-order valence-corrected chi connectivity index (χ4v) is 4.01. The van der Waals surface area contributed by atoms with Crippen LogP contribution in [0, 0.1) is 0 Å². The van der Waals surface area contributed by atoms with E-state index in [0.717, 1.165) is 35.7 Å². The highest BCUT2D eigenvalue weighted by Gasteiger charge is 2.51. The number of benzene rings is 2. The molecule has 0 saturated heterocycles. The van der Waals surface area contributed by atoms with Gasteiger partial charge in [0.25, 0.3) is 11.6 Å². The molecular formula is C20H22BrClN2O. The van der Waals surface area contributed by atoms with Crippen LogP contribution in [0.3, 0.4) is 0 Å². The zero-order chi connectivity index (χ0) is 16.6. The Morgan fingerprint density at radius 1 is 0.960 bits per heavy atom. The van der Waals surface area contributed by atoms with E-state index < -0.39 is 5.72 Å². The van der Waals surface area contributed by atoms with Crippen LogP contribution in [-0.2, 0) is 5.72 Å². The summed E-state index contributed by atoms with van der Waals surface area (Å²) >= 11 is 6.05. The van der Waals surface area contributed by atoms with Crippen LogP contribution in [0.2, 0.25) is 5.02 Å². The standard InChI is InChI=1S/C20H22ClN2O.BrH/c21-17-10-12-18(13-11-17)22-15-20(24,16-7-3-1-4-8-16)23-14-6-2-5-9-19(22)23;/h1,3-4,7-8,10-13,24H,2,5-6,9,14-15H2;1H/q+1;/p-1. The van der Waals surface area contributed by atoms with Gasteiger partial charge in [-0.2, -0.15) is 0 Å². The first kappa shape index (κ1) is 18.4. The fraction of sp³-hybridized carbons (Fsp3) is 0.350. The molecule has 2 aromatic rings. The molecule has 0 spiro atoms. The summed E-state index contributed by atoms with van der Waals surface area (Å²) in [6.07, 6.45) is 4.49. The van der Waals surface area contributed by atoms with Crippen LogP contribution in [0.4, 0.5) is 5.69 Å². The summed E-state index contributed by atoms with van der Waals surface area (Å²) in [5.41, 5.74) is 1.08. The van der Waals surface area contributed by atoms with E-state index in [9.17, 15) is 5.11 Å². The molecule has 1 unspecified atom stereocenters. The summed E-state index contributed by atoms with van der Waals surface area (Å²) in [6, 6.07) is 17.9. The first-order chi connectivity index (χ1) is 11.7. The van der Waals surface area contributed by atoms with Gasteiger partial charge in [-0.05, 0) is 43.5 Å². The van der Waals surface area contributed by atoms with Crippen molar-refractivity contribution in [1.82, 2.24) is 0 Å². The topological polar surface area (TPSA) is 26.5 Å². The maximum atomic E-state index is 11.6. The van der Waals surface area contributed by atoms with E-state index in [4.69, 9.17) is 11.6 Å². The Bertz CT molecular complexity index is 763. The summed E-state index contributed by atoms with van der Waals surface area (Å²) < 4.78 is 2.21. The van der Waals surface area contributed by atoms with E-state index in [-0.39, 0.29) is 17.0 Å². The molecule has 1 N–H and O–H groups in total. The highest BCUT2D eigenvalue weighted by Crippen LogP contribution is 2.35. The first-order valence-corrected chi connectivity index (χ1v) is 9.01. The lowest BCUT2D eigenvalue weighted by Gasteiger charge is -2.23. The lowest BCUT2D eigenvalue weighted by atomic mass is 10.0. The van der Waals surface area contributed by atoms with E-state index in [1.807, 2.05) is 54.6 Å². The van der Waals surface area contributed by atoms with Gasteiger partial charge in [-0.25, -0.2) is 9.48 Å². The van der Waals surface area contributed by atoms with Crippen molar-refractivity contribution in [3.63, 3.8) is 0 Å². The predicted octanol–water partition coefficient (Wildman–Crippen LogP) is 0.994. The molecule has 4 rings (SSSR count). The highest BCUT2D eigenvalue weighted by atomic mass is 79.9. The van der Waals surface area contributed by atoms with Gasteiger partial charge < -0.3 is 22.1 Å². The first-order valence-electron chi connectivity index (χ1n) is 8.63. The van der Waals surface area contributed by atoms with E-state index in [1.54, 1.807) is 0 Å². The molecule has 3 nitrogen and oxygen atoms in total. The van der Waals surface area contributed by atoms with Crippen molar-refractivity contribution >= 4 is 23.1 Å². The summed E-state index contributed by atoms with van der Waals surface area (Å²) in [5, 5.41) is 12.3. The van der Waals surface area contributed by atoms with Crippen LogP contribution in [0.25, 0.3) is 0 Å². The minimum absolute atomic E-state index is 0. The highest BCUT2D eigenvalue weighted by molar-refractivity contribution is 6.30. The Kier molecular flexibility index (Phi) is 5.52. The zero-order valence-electron chi connectivity index (χ0n) is 14.0. The molecule has 1 atom stereocenters. The van der Waals surface area contributed by atoms with Gasteiger partial charge in [0.1, 0.15) is 5.69 Å². The molecule has 2 aliphatic heterocycles. The van der Waals surface area contributed by atoms with E-state index >= 15 is 0 Å². The SMILES string of the molecule is OC1(c2ccccc2)CN(c2ccc(Cl)cc2)C2=[N+]1CCCCC2.[Br-].